The highest BCUT2D eigenvalue weighted by Gasteiger charge is 2.12. The molecule has 2 rings (SSSR count). The molecule has 5 nitrogen and oxygen atoms in total. The lowest BCUT2D eigenvalue weighted by molar-refractivity contribution is 0.303. The monoisotopic (exact) mass is 325 g/mol. The second-order valence-corrected chi connectivity index (χ2v) is 5.65. The normalized spacial score (nSPS) is 11.2. The number of benzene rings is 1. The number of hydrogen-bond donors (Lipinski definition) is 0. The predicted molar refractivity (Wildman–Crippen MR) is 83.5 cm³/mol. The van der Waals surface area contributed by atoms with E-state index in [1.165, 1.54) is 23.7 Å². The van der Waals surface area contributed by atoms with E-state index in [1.807, 2.05) is 0 Å². The SMILES string of the molecule is CN(Cc1c(F)cccc1Cl)Cc1cc(=O)n(C)c(=O)n1C. The summed E-state index contributed by atoms with van der Waals surface area (Å²) in [6.45, 7) is 0.599. The fourth-order valence-electron chi connectivity index (χ4n) is 2.22. The van der Waals surface area contributed by atoms with Crippen LogP contribution in [-0.2, 0) is 27.2 Å². The minimum absolute atomic E-state index is 0.273. The Bertz CT molecular complexity index is 793. The molecule has 0 saturated heterocycles. The van der Waals surface area contributed by atoms with E-state index in [9.17, 15) is 14.0 Å². The van der Waals surface area contributed by atoms with Crippen molar-refractivity contribution in [1.29, 1.82) is 0 Å². The van der Waals surface area contributed by atoms with Gasteiger partial charge in [0.25, 0.3) is 5.56 Å². The van der Waals surface area contributed by atoms with Gasteiger partial charge in [0.1, 0.15) is 5.82 Å². The van der Waals surface area contributed by atoms with Crippen LogP contribution < -0.4 is 11.2 Å². The molecule has 0 saturated carbocycles. The smallest absolute Gasteiger partial charge is 0.299 e. The van der Waals surface area contributed by atoms with E-state index in [0.29, 0.717) is 22.8 Å². The number of hydrogen-bond acceptors (Lipinski definition) is 3. The molecule has 1 aromatic heterocycles. The number of halogens is 2. The predicted octanol–water partition coefficient (Wildman–Crippen LogP) is 1.51. The van der Waals surface area contributed by atoms with E-state index in [1.54, 1.807) is 31.1 Å². The highest BCUT2D eigenvalue weighted by Crippen LogP contribution is 2.20. The van der Waals surface area contributed by atoms with Crippen molar-refractivity contribution >= 4 is 11.6 Å². The molecule has 0 unspecified atom stereocenters. The molecule has 0 amide bonds. The first kappa shape index (κ1) is 16.5. The Hall–Kier alpha value is -1.92. The van der Waals surface area contributed by atoms with Crippen LogP contribution in [0.2, 0.25) is 5.02 Å². The van der Waals surface area contributed by atoms with Gasteiger partial charge in [-0.3, -0.25) is 18.8 Å². The third-order valence-corrected chi connectivity index (χ3v) is 3.90. The minimum Gasteiger partial charge on any atom is -0.299 e. The maximum Gasteiger partial charge on any atom is 0.330 e. The van der Waals surface area contributed by atoms with E-state index < -0.39 is 0 Å². The van der Waals surface area contributed by atoms with Gasteiger partial charge < -0.3 is 0 Å². The van der Waals surface area contributed by atoms with Gasteiger partial charge in [-0.25, -0.2) is 9.18 Å². The summed E-state index contributed by atoms with van der Waals surface area (Å²) >= 11 is 6.00. The van der Waals surface area contributed by atoms with Crippen molar-refractivity contribution in [2.24, 2.45) is 14.1 Å². The van der Waals surface area contributed by atoms with Crippen molar-refractivity contribution in [3.63, 3.8) is 0 Å². The van der Waals surface area contributed by atoms with Crippen LogP contribution in [0.1, 0.15) is 11.3 Å². The fraction of sp³-hybridized carbons (Fsp3) is 0.333. The van der Waals surface area contributed by atoms with Gasteiger partial charge >= 0.3 is 5.69 Å². The highest BCUT2D eigenvalue weighted by atomic mass is 35.5. The Labute approximate surface area is 132 Å². The van der Waals surface area contributed by atoms with Crippen molar-refractivity contribution in [3.05, 3.63) is 67.2 Å². The Morgan fingerprint density at radius 3 is 2.50 bits per heavy atom. The van der Waals surface area contributed by atoms with Crippen LogP contribution in [0, 0.1) is 5.82 Å². The molecular formula is C15H17ClFN3O2. The minimum atomic E-state index is -0.389. The number of rotatable bonds is 4. The van der Waals surface area contributed by atoms with Gasteiger partial charge in [-0.05, 0) is 19.2 Å². The first-order valence-electron chi connectivity index (χ1n) is 6.68. The first-order chi connectivity index (χ1) is 10.3. The molecular weight excluding hydrogens is 309 g/mol. The molecule has 0 N–H and O–H groups in total. The second kappa shape index (κ2) is 6.46. The largest absolute Gasteiger partial charge is 0.330 e. The van der Waals surface area contributed by atoms with Gasteiger partial charge in [-0.15, -0.1) is 0 Å². The molecule has 0 aliphatic carbocycles. The van der Waals surface area contributed by atoms with Gasteiger partial charge in [0.15, 0.2) is 0 Å². The molecule has 2 aromatic rings. The van der Waals surface area contributed by atoms with Gasteiger partial charge in [0, 0.05) is 49.5 Å². The molecule has 0 spiro atoms. The summed E-state index contributed by atoms with van der Waals surface area (Å²) in [5.74, 6) is -0.378. The van der Waals surface area contributed by atoms with Crippen molar-refractivity contribution in [3.8, 4) is 0 Å². The van der Waals surface area contributed by atoms with Crippen LogP contribution in [-0.4, -0.2) is 21.1 Å². The van der Waals surface area contributed by atoms with E-state index in [-0.39, 0.29) is 23.6 Å². The summed E-state index contributed by atoms with van der Waals surface area (Å²) in [5.41, 5.74) is 0.193. The average Bonchev–Trinajstić information content (AvgIpc) is 2.46. The molecule has 0 aliphatic heterocycles. The van der Waals surface area contributed by atoms with Crippen molar-refractivity contribution < 1.29 is 4.39 Å². The summed E-state index contributed by atoms with van der Waals surface area (Å²) < 4.78 is 16.2. The molecule has 7 heteroatoms. The van der Waals surface area contributed by atoms with E-state index >= 15 is 0 Å². The van der Waals surface area contributed by atoms with Gasteiger partial charge in [-0.1, -0.05) is 17.7 Å². The zero-order chi connectivity index (χ0) is 16.4. The molecule has 0 bridgehead atoms. The fourth-order valence-corrected chi connectivity index (χ4v) is 2.44. The third-order valence-electron chi connectivity index (χ3n) is 3.55. The molecule has 1 heterocycles. The highest BCUT2D eigenvalue weighted by molar-refractivity contribution is 6.31. The Balaban J connectivity index is 2.25. The van der Waals surface area contributed by atoms with Crippen LogP contribution in [0.3, 0.4) is 0 Å². The summed E-state index contributed by atoms with van der Waals surface area (Å²) in [4.78, 5) is 25.4. The molecule has 1 aromatic carbocycles. The lowest BCUT2D eigenvalue weighted by Gasteiger charge is -2.19. The van der Waals surface area contributed by atoms with Gasteiger partial charge in [0.05, 0.1) is 0 Å². The second-order valence-electron chi connectivity index (χ2n) is 5.25. The maximum atomic E-state index is 13.8. The van der Waals surface area contributed by atoms with Crippen LogP contribution in [0.15, 0.2) is 33.9 Å². The van der Waals surface area contributed by atoms with Crippen LogP contribution >= 0.6 is 11.6 Å². The topological polar surface area (TPSA) is 47.2 Å². The van der Waals surface area contributed by atoms with Crippen molar-refractivity contribution in [2.75, 3.05) is 7.05 Å². The van der Waals surface area contributed by atoms with Crippen molar-refractivity contribution in [2.45, 2.75) is 13.1 Å². The zero-order valence-corrected chi connectivity index (χ0v) is 13.4. The Morgan fingerprint density at radius 2 is 1.86 bits per heavy atom. The Kier molecular flexibility index (Phi) is 4.83. The summed E-state index contributed by atoms with van der Waals surface area (Å²) in [7, 11) is 4.79. The van der Waals surface area contributed by atoms with E-state index in [0.717, 1.165) is 4.57 Å². The molecule has 0 fully saturated rings. The summed E-state index contributed by atoms with van der Waals surface area (Å²) in [6, 6.07) is 5.93. The maximum absolute atomic E-state index is 13.8. The average molecular weight is 326 g/mol. The van der Waals surface area contributed by atoms with Crippen LogP contribution in [0.5, 0.6) is 0 Å². The standard InChI is InChI=1S/C15H17ClFN3O2/c1-18(9-11-12(16)5-4-6-13(11)17)8-10-7-14(21)20(3)15(22)19(10)2/h4-7H,8-9H2,1-3H3. The Morgan fingerprint density at radius 1 is 1.18 bits per heavy atom. The summed E-state index contributed by atoms with van der Waals surface area (Å²) in [5, 5.41) is 0.352. The third kappa shape index (κ3) is 3.28. The summed E-state index contributed by atoms with van der Waals surface area (Å²) in [6.07, 6.45) is 0. The molecule has 22 heavy (non-hydrogen) atoms. The number of aromatic nitrogens is 2. The van der Waals surface area contributed by atoms with Crippen LogP contribution in [0.4, 0.5) is 4.39 Å². The first-order valence-corrected chi connectivity index (χ1v) is 7.06. The lowest BCUT2D eigenvalue weighted by Crippen LogP contribution is -2.39. The van der Waals surface area contributed by atoms with Crippen LogP contribution in [0.25, 0.3) is 0 Å². The molecule has 0 atom stereocenters. The van der Waals surface area contributed by atoms with Crippen molar-refractivity contribution in [1.82, 2.24) is 14.0 Å². The molecule has 118 valence electrons. The number of nitrogens with zero attached hydrogens (tertiary/aromatic N) is 3. The zero-order valence-electron chi connectivity index (χ0n) is 12.6. The van der Waals surface area contributed by atoms with E-state index in [2.05, 4.69) is 0 Å². The van der Waals surface area contributed by atoms with Gasteiger partial charge in [-0.2, -0.15) is 0 Å². The molecule has 0 aliphatic rings. The molecule has 0 radical (unpaired) electrons. The van der Waals surface area contributed by atoms with E-state index in [4.69, 9.17) is 11.6 Å². The lowest BCUT2D eigenvalue weighted by atomic mass is 10.2. The van der Waals surface area contributed by atoms with Gasteiger partial charge in [0.2, 0.25) is 0 Å². The quantitative estimate of drug-likeness (QED) is 0.856.